The van der Waals surface area contributed by atoms with Crippen LogP contribution >= 0.6 is 11.6 Å². The van der Waals surface area contributed by atoms with E-state index in [4.69, 9.17) is 11.6 Å². The number of halogens is 1. The molecule has 152 valence electrons. The van der Waals surface area contributed by atoms with Crippen molar-refractivity contribution in [2.45, 2.75) is 39.2 Å². The largest absolute Gasteiger partial charge is 0.325 e. The van der Waals surface area contributed by atoms with Crippen molar-refractivity contribution in [3.8, 4) is 0 Å². The van der Waals surface area contributed by atoms with Gasteiger partial charge in [-0.25, -0.2) is 4.79 Å². The molecular weight excluding hydrogens is 390 g/mol. The normalized spacial score (nSPS) is 18.9. The number of rotatable bonds is 5. The van der Waals surface area contributed by atoms with Crippen LogP contribution in [-0.4, -0.2) is 29.3 Å². The Morgan fingerprint density at radius 1 is 1.17 bits per heavy atom. The fraction of sp³-hybridized carbons (Fsp3) is 0.318. The molecule has 3 rings (SSSR count). The smallest absolute Gasteiger partial charge is 0.324 e. The van der Waals surface area contributed by atoms with Crippen LogP contribution in [0.25, 0.3) is 0 Å². The van der Waals surface area contributed by atoms with Gasteiger partial charge in [0, 0.05) is 10.7 Å². The van der Waals surface area contributed by atoms with Crippen molar-refractivity contribution in [2.75, 3.05) is 11.9 Å². The first kappa shape index (κ1) is 20.9. The van der Waals surface area contributed by atoms with Crippen molar-refractivity contribution in [3.63, 3.8) is 0 Å². The van der Waals surface area contributed by atoms with E-state index in [1.807, 2.05) is 39.0 Å². The van der Waals surface area contributed by atoms with Crippen molar-refractivity contribution in [2.24, 2.45) is 0 Å². The number of hydrogen-bond acceptors (Lipinski definition) is 3. The fourth-order valence-electron chi connectivity index (χ4n) is 3.48. The molecule has 7 heteroatoms. The number of anilines is 1. The fourth-order valence-corrected chi connectivity index (χ4v) is 3.61. The van der Waals surface area contributed by atoms with E-state index >= 15 is 0 Å². The SMILES string of the molecule is Cc1cccc(C(C)C)c1NC(=O)CN1C(=O)NC(C)(c2ccc(Cl)cc2)C1=O. The highest BCUT2D eigenvalue weighted by Crippen LogP contribution is 2.30. The number of carbonyl (C=O) groups is 3. The number of nitrogens with zero attached hydrogens (tertiary/aromatic N) is 1. The summed E-state index contributed by atoms with van der Waals surface area (Å²) in [4.78, 5) is 39.1. The van der Waals surface area contributed by atoms with Gasteiger partial charge in [0.2, 0.25) is 5.91 Å². The average molecular weight is 414 g/mol. The van der Waals surface area contributed by atoms with Crippen LogP contribution in [0.4, 0.5) is 10.5 Å². The minimum Gasteiger partial charge on any atom is -0.324 e. The van der Waals surface area contributed by atoms with Gasteiger partial charge in [0.25, 0.3) is 5.91 Å². The van der Waals surface area contributed by atoms with E-state index in [1.165, 1.54) is 0 Å². The number of nitrogens with one attached hydrogen (secondary N) is 2. The lowest BCUT2D eigenvalue weighted by Crippen LogP contribution is -2.42. The number of aryl methyl sites for hydroxylation is 1. The molecular formula is C22H24ClN3O3. The van der Waals surface area contributed by atoms with Crippen LogP contribution in [0.15, 0.2) is 42.5 Å². The number of urea groups is 1. The lowest BCUT2D eigenvalue weighted by molar-refractivity contribution is -0.133. The van der Waals surface area contributed by atoms with Crippen molar-refractivity contribution in [3.05, 3.63) is 64.2 Å². The summed E-state index contributed by atoms with van der Waals surface area (Å²) in [5, 5.41) is 6.09. The molecule has 1 aliphatic rings. The summed E-state index contributed by atoms with van der Waals surface area (Å²) in [6.07, 6.45) is 0. The third-order valence-electron chi connectivity index (χ3n) is 5.19. The van der Waals surface area contributed by atoms with Crippen molar-refractivity contribution >= 4 is 35.1 Å². The number of carbonyl (C=O) groups excluding carboxylic acids is 3. The molecule has 0 spiro atoms. The molecule has 0 radical (unpaired) electrons. The summed E-state index contributed by atoms with van der Waals surface area (Å²) in [5.41, 5.74) is 2.01. The first-order valence-electron chi connectivity index (χ1n) is 9.43. The Morgan fingerprint density at radius 2 is 1.83 bits per heavy atom. The van der Waals surface area contributed by atoms with E-state index < -0.39 is 23.4 Å². The van der Waals surface area contributed by atoms with E-state index in [-0.39, 0.29) is 12.5 Å². The topological polar surface area (TPSA) is 78.5 Å². The van der Waals surface area contributed by atoms with Gasteiger partial charge in [-0.3, -0.25) is 14.5 Å². The van der Waals surface area contributed by atoms with Crippen LogP contribution in [0.2, 0.25) is 5.02 Å². The highest BCUT2D eigenvalue weighted by atomic mass is 35.5. The molecule has 0 bridgehead atoms. The van der Waals surface area contributed by atoms with Gasteiger partial charge in [-0.2, -0.15) is 0 Å². The highest BCUT2D eigenvalue weighted by Gasteiger charge is 2.49. The number of hydrogen-bond donors (Lipinski definition) is 2. The predicted molar refractivity (Wildman–Crippen MR) is 113 cm³/mol. The molecule has 6 nitrogen and oxygen atoms in total. The molecule has 1 unspecified atom stereocenters. The summed E-state index contributed by atoms with van der Waals surface area (Å²) >= 11 is 5.92. The molecule has 2 aromatic rings. The molecule has 1 fully saturated rings. The van der Waals surface area contributed by atoms with Crippen molar-refractivity contribution in [1.29, 1.82) is 0 Å². The average Bonchev–Trinajstić information content (AvgIpc) is 2.87. The Kier molecular flexibility index (Phi) is 5.66. The van der Waals surface area contributed by atoms with E-state index in [2.05, 4.69) is 10.6 Å². The maximum atomic E-state index is 13.0. The first-order valence-corrected chi connectivity index (χ1v) is 9.81. The van der Waals surface area contributed by atoms with E-state index in [9.17, 15) is 14.4 Å². The van der Waals surface area contributed by atoms with E-state index in [0.29, 0.717) is 10.6 Å². The Balaban J connectivity index is 1.79. The molecule has 1 atom stereocenters. The number of benzene rings is 2. The van der Waals surface area contributed by atoms with Gasteiger partial charge in [0.15, 0.2) is 0 Å². The van der Waals surface area contributed by atoms with Crippen molar-refractivity contribution < 1.29 is 14.4 Å². The highest BCUT2D eigenvalue weighted by molar-refractivity contribution is 6.30. The standard InChI is InChI=1S/C22H24ClN3O3/c1-13(2)17-7-5-6-14(3)19(17)24-18(27)12-26-20(28)22(4,25-21(26)29)15-8-10-16(23)11-9-15/h5-11,13H,12H2,1-4H3,(H,24,27)(H,25,29). The second-order valence-corrected chi connectivity index (χ2v) is 8.13. The van der Waals surface area contributed by atoms with E-state index in [0.717, 1.165) is 21.7 Å². The summed E-state index contributed by atoms with van der Waals surface area (Å²) in [6, 6.07) is 11.9. The quantitative estimate of drug-likeness (QED) is 0.722. The third kappa shape index (κ3) is 3.98. The summed E-state index contributed by atoms with van der Waals surface area (Å²) in [6.45, 7) is 7.25. The monoisotopic (exact) mass is 413 g/mol. The van der Waals surface area contributed by atoms with Gasteiger partial charge in [0.1, 0.15) is 12.1 Å². The summed E-state index contributed by atoms with van der Waals surface area (Å²) in [7, 11) is 0. The minimum atomic E-state index is -1.24. The van der Waals surface area contributed by atoms with Gasteiger partial charge in [-0.1, -0.05) is 55.8 Å². The first-order chi connectivity index (χ1) is 13.6. The van der Waals surface area contributed by atoms with Gasteiger partial charge >= 0.3 is 6.03 Å². The Hall–Kier alpha value is -2.86. The zero-order valence-corrected chi connectivity index (χ0v) is 17.6. The van der Waals surface area contributed by atoms with Gasteiger partial charge in [-0.05, 0) is 48.6 Å². The van der Waals surface area contributed by atoms with Crippen LogP contribution in [-0.2, 0) is 15.1 Å². The van der Waals surface area contributed by atoms with Crippen LogP contribution in [0.5, 0.6) is 0 Å². The Bertz CT molecular complexity index is 972. The Morgan fingerprint density at radius 3 is 2.45 bits per heavy atom. The lowest BCUT2D eigenvalue weighted by atomic mass is 9.92. The molecule has 4 amide bonds. The van der Waals surface area contributed by atoms with Crippen LogP contribution in [0, 0.1) is 6.92 Å². The maximum Gasteiger partial charge on any atom is 0.325 e. The van der Waals surface area contributed by atoms with Crippen LogP contribution < -0.4 is 10.6 Å². The molecule has 2 aromatic carbocycles. The second-order valence-electron chi connectivity index (χ2n) is 7.70. The third-order valence-corrected chi connectivity index (χ3v) is 5.44. The molecule has 29 heavy (non-hydrogen) atoms. The molecule has 1 aliphatic heterocycles. The number of para-hydroxylation sites is 1. The van der Waals surface area contributed by atoms with Crippen molar-refractivity contribution in [1.82, 2.24) is 10.2 Å². The molecule has 1 saturated heterocycles. The van der Waals surface area contributed by atoms with Gasteiger partial charge < -0.3 is 10.6 Å². The number of imide groups is 1. The molecule has 0 saturated carbocycles. The predicted octanol–water partition coefficient (Wildman–Crippen LogP) is 4.18. The molecule has 0 aliphatic carbocycles. The molecule has 1 heterocycles. The second kappa shape index (κ2) is 7.87. The van der Waals surface area contributed by atoms with E-state index in [1.54, 1.807) is 31.2 Å². The van der Waals surface area contributed by atoms with Crippen LogP contribution in [0.1, 0.15) is 43.4 Å². The van der Waals surface area contributed by atoms with Gasteiger partial charge in [-0.15, -0.1) is 0 Å². The summed E-state index contributed by atoms with van der Waals surface area (Å²) in [5.74, 6) is -0.686. The van der Waals surface area contributed by atoms with Crippen LogP contribution in [0.3, 0.4) is 0 Å². The Labute approximate surface area is 175 Å². The molecule has 0 aromatic heterocycles. The minimum absolute atomic E-state index is 0.218. The molecule has 2 N–H and O–H groups in total. The van der Waals surface area contributed by atoms with Gasteiger partial charge in [0.05, 0.1) is 0 Å². The lowest BCUT2D eigenvalue weighted by Gasteiger charge is -2.22. The summed E-state index contributed by atoms with van der Waals surface area (Å²) < 4.78 is 0. The maximum absolute atomic E-state index is 13.0. The zero-order chi connectivity index (χ0) is 21.3. The number of amides is 4. The zero-order valence-electron chi connectivity index (χ0n) is 16.9.